The van der Waals surface area contributed by atoms with Crippen molar-refractivity contribution in [1.82, 2.24) is 14.9 Å². The maximum Gasteiger partial charge on any atom is 0.248 e. The Labute approximate surface area is 153 Å². The number of rotatable bonds is 9. The molecule has 2 rings (SSSR count). The topological polar surface area (TPSA) is 103 Å². The molecule has 1 aromatic heterocycles. The summed E-state index contributed by atoms with van der Waals surface area (Å²) in [6, 6.07) is 4.66. The Hall–Kier alpha value is -2.48. The van der Waals surface area contributed by atoms with Gasteiger partial charge in [0.2, 0.25) is 18.2 Å². The summed E-state index contributed by atoms with van der Waals surface area (Å²) in [7, 11) is 0. The van der Waals surface area contributed by atoms with Crippen LogP contribution in [0.4, 0.5) is 5.82 Å². The Kier molecular flexibility index (Phi) is 7.53. The number of amides is 3. The quantitative estimate of drug-likeness (QED) is 0.395. The monoisotopic (exact) mass is 362 g/mol. The lowest BCUT2D eigenvalue weighted by Crippen LogP contribution is -2.47. The summed E-state index contributed by atoms with van der Waals surface area (Å²) >= 11 is 0. The van der Waals surface area contributed by atoms with E-state index in [9.17, 15) is 19.6 Å². The van der Waals surface area contributed by atoms with Crippen molar-refractivity contribution in [3.8, 4) is 0 Å². The number of hydrogen-bond acceptors (Lipinski definition) is 5. The molecule has 1 unspecified atom stereocenters. The standard InChI is InChI=1S/C18H26N4O4/c1-2-3-7-14(12-21(26)13-23)18(25)22-11-6-8-15(22)17(24)20-16-9-4-5-10-19-16/h4-5,9-10,13-15,26H,2-3,6-8,11-12H2,1H3,(H,19,20,24)/t14-,15?/m1/s1. The van der Waals surface area contributed by atoms with Crippen molar-refractivity contribution in [2.45, 2.75) is 45.1 Å². The minimum absolute atomic E-state index is 0.0621. The van der Waals surface area contributed by atoms with Gasteiger partial charge in [-0.1, -0.05) is 25.8 Å². The van der Waals surface area contributed by atoms with E-state index in [1.54, 1.807) is 29.3 Å². The van der Waals surface area contributed by atoms with Crippen LogP contribution in [0.3, 0.4) is 0 Å². The van der Waals surface area contributed by atoms with Crippen molar-refractivity contribution < 1.29 is 19.6 Å². The molecule has 3 amide bonds. The van der Waals surface area contributed by atoms with E-state index in [2.05, 4.69) is 10.3 Å². The maximum atomic E-state index is 12.9. The zero-order valence-electron chi connectivity index (χ0n) is 15.0. The van der Waals surface area contributed by atoms with Gasteiger partial charge < -0.3 is 10.2 Å². The summed E-state index contributed by atoms with van der Waals surface area (Å²) in [5.41, 5.74) is 0. The van der Waals surface area contributed by atoms with Gasteiger partial charge in [-0.05, 0) is 31.4 Å². The van der Waals surface area contributed by atoms with Crippen molar-refractivity contribution in [1.29, 1.82) is 0 Å². The summed E-state index contributed by atoms with van der Waals surface area (Å²) in [6.07, 6.45) is 5.47. The van der Waals surface area contributed by atoms with Gasteiger partial charge >= 0.3 is 0 Å². The minimum Gasteiger partial charge on any atom is -0.330 e. The molecule has 0 radical (unpaired) electrons. The number of hydrogen-bond donors (Lipinski definition) is 2. The first-order valence-electron chi connectivity index (χ1n) is 9.00. The predicted molar refractivity (Wildman–Crippen MR) is 95.2 cm³/mol. The summed E-state index contributed by atoms with van der Waals surface area (Å²) in [6.45, 7) is 2.44. The van der Waals surface area contributed by atoms with E-state index in [0.717, 1.165) is 19.3 Å². The Morgan fingerprint density at radius 3 is 2.96 bits per heavy atom. The van der Waals surface area contributed by atoms with Crippen LogP contribution in [-0.4, -0.2) is 57.5 Å². The first-order valence-corrected chi connectivity index (χ1v) is 9.00. The zero-order valence-corrected chi connectivity index (χ0v) is 15.0. The number of carbonyl (C=O) groups is 3. The Bertz CT molecular complexity index is 610. The van der Waals surface area contributed by atoms with Crippen molar-refractivity contribution in [3.05, 3.63) is 24.4 Å². The van der Waals surface area contributed by atoms with Crippen LogP contribution in [0.1, 0.15) is 39.0 Å². The molecule has 8 nitrogen and oxygen atoms in total. The summed E-state index contributed by atoms with van der Waals surface area (Å²) < 4.78 is 0. The molecule has 1 aliphatic rings. The number of carbonyl (C=O) groups excluding carboxylic acids is 3. The second-order valence-corrected chi connectivity index (χ2v) is 6.46. The molecular formula is C18H26N4O4. The molecule has 1 aromatic rings. The van der Waals surface area contributed by atoms with Gasteiger partial charge in [0.25, 0.3) is 0 Å². The molecule has 142 valence electrons. The van der Waals surface area contributed by atoms with Crippen LogP contribution in [0, 0.1) is 5.92 Å². The molecule has 2 atom stereocenters. The van der Waals surface area contributed by atoms with Gasteiger partial charge in [0.1, 0.15) is 11.9 Å². The third kappa shape index (κ3) is 5.26. The number of pyridine rings is 1. The highest BCUT2D eigenvalue weighted by Crippen LogP contribution is 2.23. The van der Waals surface area contributed by atoms with Crippen molar-refractivity contribution >= 4 is 24.0 Å². The van der Waals surface area contributed by atoms with Gasteiger partial charge in [-0.3, -0.25) is 19.6 Å². The van der Waals surface area contributed by atoms with Crippen LogP contribution in [-0.2, 0) is 14.4 Å². The fraction of sp³-hybridized carbons (Fsp3) is 0.556. The number of nitrogens with one attached hydrogen (secondary N) is 1. The van der Waals surface area contributed by atoms with Crippen LogP contribution >= 0.6 is 0 Å². The number of aromatic nitrogens is 1. The van der Waals surface area contributed by atoms with Gasteiger partial charge in [0.05, 0.1) is 12.5 Å². The zero-order chi connectivity index (χ0) is 18.9. The van der Waals surface area contributed by atoms with Crippen LogP contribution in [0.5, 0.6) is 0 Å². The number of unbranched alkanes of at least 4 members (excludes halogenated alkanes) is 1. The van der Waals surface area contributed by atoms with Crippen LogP contribution in [0.15, 0.2) is 24.4 Å². The van der Waals surface area contributed by atoms with Crippen LogP contribution < -0.4 is 5.32 Å². The van der Waals surface area contributed by atoms with Gasteiger partial charge in [-0.25, -0.2) is 10.0 Å². The molecule has 0 saturated carbocycles. The molecule has 0 aliphatic carbocycles. The molecule has 2 heterocycles. The van der Waals surface area contributed by atoms with E-state index >= 15 is 0 Å². The summed E-state index contributed by atoms with van der Waals surface area (Å²) in [5.74, 6) is -0.534. The van der Waals surface area contributed by atoms with Crippen LogP contribution in [0.25, 0.3) is 0 Å². The number of likely N-dealkylation sites (tertiary alicyclic amines) is 1. The van der Waals surface area contributed by atoms with Crippen molar-refractivity contribution in [2.24, 2.45) is 5.92 Å². The fourth-order valence-corrected chi connectivity index (χ4v) is 3.20. The van der Waals surface area contributed by atoms with E-state index in [4.69, 9.17) is 0 Å². The predicted octanol–water partition coefficient (Wildman–Crippen LogP) is 1.67. The second-order valence-electron chi connectivity index (χ2n) is 6.46. The van der Waals surface area contributed by atoms with Crippen LogP contribution in [0.2, 0.25) is 0 Å². The van der Waals surface area contributed by atoms with Gasteiger partial charge in [0.15, 0.2) is 0 Å². The highest BCUT2D eigenvalue weighted by molar-refractivity contribution is 5.97. The summed E-state index contributed by atoms with van der Waals surface area (Å²) in [4.78, 5) is 41.9. The molecule has 1 aliphatic heterocycles. The van der Waals surface area contributed by atoms with E-state index in [1.807, 2.05) is 6.92 Å². The normalized spacial score (nSPS) is 17.6. The van der Waals surface area contributed by atoms with E-state index in [1.165, 1.54) is 0 Å². The van der Waals surface area contributed by atoms with Gasteiger partial charge in [0, 0.05) is 12.7 Å². The molecule has 0 spiro atoms. The molecule has 26 heavy (non-hydrogen) atoms. The molecular weight excluding hydrogens is 336 g/mol. The largest absolute Gasteiger partial charge is 0.330 e. The lowest BCUT2D eigenvalue weighted by atomic mass is 9.99. The Morgan fingerprint density at radius 1 is 1.50 bits per heavy atom. The molecule has 1 saturated heterocycles. The number of hydroxylamine groups is 2. The number of anilines is 1. The molecule has 0 aromatic carbocycles. The molecule has 1 fully saturated rings. The second kappa shape index (κ2) is 9.86. The average Bonchev–Trinajstić information content (AvgIpc) is 3.15. The Morgan fingerprint density at radius 2 is 2.31 bits per heavy atom. The number of nitrogens with zero attached hydrogens (tertiary/aromatic N) is 3. The van der Waals surface area contributed by atoms with Crippen molar-refractivity contribution in [2.75, 3.05) is 18.4 Å². The third-order valence-corrected chi connectivity index (χ3v) is 4.54. The average molecular weight is 362 g/mol. The Balaban J connectivity index is 2.06. The van der Waals surface area contributed by atoms with Crippen molar-refractivity contribution in [3.63, 3.8) is 0 Å². The minimum atomic E-state index is -0.558. The third-order valence-electron chi connectivity index (χ3n) is 4.54. The van der Waals surface area contributed by atoms with E-state index < -0.39 is 12.0 Å². The maximum absolute atomic E-state index is 12.9. The summed E-state index contributed by atoms with van der Waals surface area (Å²) in [5, 5.41) is 12.7. The first-order chi connectivity index (χ1) is 12.6. The van der Waals surface area contributed by atoms with E-state index in [0.29, 0.717) is 36.7 Å². The fourth-order valence-electron chi connectivity index (χ4n) is 3.20. The smallest absolute Gasteiger partial charge is 0.248 e. The SMILES string of the molecule is CCCC[C@H](CN(O)C=O)C(=O)N1CCCC1C(=O)Nc1ccccn1. The highest BCUT2D eigenvalue weighted by Gasteiger charge is 2.37. The first kappa shape index (κ1) is 19.8. The molecule has 2 N–H and O–H groups in total. The van der Waals surface area contributed by atoms with Gasteiger partial charge in [-0.15, -0.1) is 0 Å². The molecule has 0 bridgehead atoms. The lowest BCUT2D eigenvalue weighted by Gasteiger charge is -2.29. The van der Waals surface area contributed by atoms with Gasteiger partial charge in [-0.2, -0.15) is 0 Å². The van der Waals surface area contributed by atoms with E-state index in [-0.39, 0.29) is 18.4 Å². The lowest BCUT2D eigenvalue weighted by molar-refractivity contribution is -0.157. The highest BCUT2D eigenvalue weighted by atomic mass is 16.5. The molecule has 8 heteroatoms.